The van der Waals surface area contributed by atoms with Crippen molar-refractivity contribution in [3.8, 4) is 5.75 Å². The van der Waals surface area contributed by atoms with Crippen LogP contribution in [-0.2, 0) is 6.61 Å². The summed E-state index contributed by atoms with van der Waals surface area (Å²) in [5.74, 6) is 1.99. The molecule has 1 aromatic carbocycles. The number of hydrazone groups is 1. The van der Waals surface area contributed by atoms with Crippen LogP contribution in [0.3, 0.4) is 0 Å². The zero-order valence-electron chi connectivity index (χ0n) is 11.3. The first-order valence-corrected chi connectivity index (χ1v) is 6.89. The maximum atomic E-state index is 5.96. The summed E-state index contributed by atoms with van der Waals surface area (Å²) in [4.78, 5) is 0. The Morgan fingerprint density at radius 1 is 1.48 bits per heavy atom. The molecule has 2 rings (SSSR count). The minimum atomic E-state index is 0.0967. The average Bonchev–Trinajstić information content (AvgIpc) is 2.88. The molecular weight excluding hydrogens is 310 g/mol. The maximum absolute atomic E-state index is 5.96. The summed E-state index contributed by atoms with van der Waals surface area (Å²) in [6, 6.07) is 9.07. The minimum absolute atomic E-state index is 0.0967. The monoisotopic (exact) mass is 323 g/mol. The zero-order valence-corrected chi connectivity index (χ0v) is 12.9. The second-order valence-electron chi connectivity index (χ2n) is 4.24. The molecule has 0 saturated heterocycles. The molecule has 2 aromatic rings. The Kier molecular flexibility index (Phi) is 5.19. The molecule has 110 valence electrons. The van der Waals surface area contributed by atoms with Gasteiger partial charge in [0.1, 0.15) is 23.9 Å². The highest BCUT2D eigenvalue weighted by Crippen LogP contribution is 2.22. The van der Waals surface area contributed by atoms with Gasteiger partial charge in [-0.2, -0.15) is 5.10 Å². The van der Waals surface area contributed by atoms with Gasteiger partial charge >= 0.3 is 0 Å². The second kappa shape index (κ2) is 7.10. The van der Waals surface area contributed by atoms with Crippen molar-refractivity contribution in [1.82, 2.24) is 5.43 Å². The van der Waals surface area contributed by atoms with Crippen LogP contribution in [0.15, 0.2) is 39.9 Å². The number of furan rings is 1. The Morgan fingerprint density at radius 2 is 2.29 bits per heavy atom. The number of benzene rings is 1. The predicted molar refractivity (Wildman–Crippen MR) is 86.7 cm³/mol. The van der Waals surface area contributed by atoms with Crippen molar-refractivity contribution in [3.05, 3.63) is 52.4 Å². The Labute approximate surface area is 132 Å². The van der Waals surface area contributed by atoms with Gasteiger partial charge < -0.3 is 14.9 Å². The van der Waals surface area contributed by atoms with Gasteiger partial charge in [-0.3, -0.25) is 5.43 Å². The molecule has 0 unspecified atom stereocenters. The molecule has 0 aliphatic heterocycles. The number of ether oxygens (including phenoxy) is 1. The quantitative estimate of drug-likeness (QED) is 0.503. The molecule has 7 heteroatoms. The van der Waals surface area contributed by atoms with E-state index in [0.717, 1.165) is 11.3 Å². The summed E-state index contributed by atoms with van der Waals surface area (Å²) in [5.41, 5.74) is 8.65. The van der Waals surface area contributed by atoms with Gasteiger partial charge in [-0.1, -0.05) is 11.6 Å². The summed E-state index contributed by atoms with van der Waals surface area (Å²) in [7, 11) is 0. The summed E-state index contributed by atoms with van der Waals surface area (Å²) in [6.45, 7) is 2.24. The number of aryl methyl sites for hydroxylation is 1. The molecule has 21 heavy (non-hydrogen) atoms. The third kappa shape index (κ3) is 4.77. The fourth-order valence-corrected chi connectivity index (χ4v) is 1.73. The number of nitrogens with one attached hydrogen (secondary N) is 1. The number of nitrogens with zero attached hydrogens (tertiary/aromatic N) is 1. The van der Waals surface area contributed by atoms with Crippen LogP contribution >= 0.6 is 23.8 Å². The van der Waals surface area contributed by atoms with Gasteiger partial charge in [0.25, 0.3) is 0 Å². The SMILES string of the molecule is Cc1cc(OCc2ccc(/C=N/NC(N)=S)o2)ccc1Cl. The van der Waals surface area contributed by atoms with Gasteiger partial charge in [-0.15, -0.1) is 0 Å². The minimum Gasteiger partial charge on any atom is -0.486 e. The maximum Gasteiger partial charge on any atom is 0.184 e. The predicted octanol–water partition coefficient (Wildman–Crippen LogP) is 2.99. The van der Waals surface area contributed by atoms with Crippen LogP contribution < -0.4 is 15.9 Å². The van der Waals surface area contributed by atoms with Gasteiger partial charge in [0.15, 0.2) is 5.11 Å². The first kappa shape index (κ1) is 15.3. The van der Waals surface area contributed by atoms with Gasteiger partial charge in [0, 0.05) is 5.02 Å². The lowest BCUT2D eigenvalue weighted by Gasteiger charge is -2.05. The zero-order chi connectivity index (χ0) is 15.2. The standard InChI is InChI=1S/C14H14ClN3O2S/c1-9-6-10(4-5-13(9)15)19-8-12-3-2-11(20-12)7-17-18-14(16)21/h2-7H,8H2,1H3,(H3,16,18,21)/b17-7+. The van der Waals surface area contributed by atoms with Crippen LogP contribution in [-0.4, -0.2) is 11.3 Å². The van der Waals surface area contributed by atoms with E-state index in [1.165, 1.54) is 6.21 Å². The van der Waals surface area contributed by atoms with Crippen molar-refractivity contribution in [3.63, 3.8) is 0 Å². The van der Waals surface area contributed by atoms with Gasteiger partial charge in [0.2, 0.25) is 0 Å². The molecule has 0 bridgehead atoms. The van der Waals surface area contributed by atoms with Crippen molar-refractivity contribution >= 4 is 35.1 Å². The van der Waals surface area contributed by atoms with Crippen molar-refractivity contribution in [1.29, 1.82) is 0 Å². The molecule has 1 heterocycles. The Hall–Kier alpha value is -2.05. The van der Waals surface area contributed by atoms with E-state index in [-0.39, 0.29) is 5.11 Å². The van der Waals surface area contributed by atoms with Gasteiger partial charge in [-0.25, -0.2) is 0 Å². The van der Waals surface area contributed by atoms with E-state index >= 15 is 0 Å². The highest BCUT2D eigenvalue weighted by molar-refractivity contribution is 7.80. The second-order valence-corrected chi connectivity index (χ2v) is 5.09. The van der Waals surface area contributed by atoms with Crippen LogP contribution in [0.4, 0.5) is 0 Å². The molecule has 0 aliphatic carbocycles. The topological polar surface area (TPSA) is 72.8 Å². The number of hydrogen-bond donors (Lipinski definition) is 2. The fraction of sp³-hybridized carbons (Fsp3) is 0.143. The van der Waals surface area contributed by atoms with E-state index in [2.05, 4.69) is 22.7 Å². The van der Waals surface area contributed by atoms with Crippen LogP contribution in [0.5, 0.6) is 5.75 Å². The highest BCUT2D eigenvalue weighted by Gasteiger charge is 2.03. The van der Waals surface area contributed by atoms with E-state index in [1.807, 2.05) is 25.1 Å². The number of nitrogens with two attached hydrogens (primary N) is 1. The largest absolute Gasteiger partial charge is 0.486 e. The molecule has 0 saturated carbocycles. The van der Waals surface area contributed by atoms with Crippen molar-refractivity contribution in [2.24, 2.45) is 10.8 Å². The third-order valence-corrected chi connectivity index (χ3v) is 3.07. The van der Waals surface area contributed by atoms with E-state index in [4.69, 9.17) is 26.5 Å². The van der Waals surface area contributed by atoms with Crippen LogP contribution in [0.1, 0.15) is 17.1 Å². The lowest BCUT2D eigenvalue weighted by molar-refractivity contribution is 0.269. The molecule has 0 aliphatic rings. The van der Waals surface area contributed by atoms with Crippen LogP contribution in [0.25, 0.3) is 0 Å². The van der Waals surface area contributed by atoms with Crippen molar-refractivity contribution < 1.29 is 9.15 Å². The molecule has 5 nitrogen and oxygen atoms in total. The highest BCUT2D eigenvalue weighted by atomic mass is 35.5. The number of halogens is 1. The summed E-state index contributed by atoms with van der Waals surface area (Å²) < 4.78 is 11.1. The van der Waals surface area contributed by atoms with E-state index in [1.54, 1.807) is 12.1 Å². The van der Waals surface area contributed by atoms with Crippen LogP contribution in [0, 0.1) is 6.92 Å². The molecule has 0 atom stereocenters. The van der Waals surface area contributed by atoms with Gasteiger partial charge in [0.05, 0.1) is 6.21 Å². The van der Waals surface area contributed by atoms with Gasteiger partial charge in [-0.05, 0) is 55.0 Å². The average molecular weight is 324 g/mol. The lowest BCUT2D eigenvalue weighted by Crippen LogP contribution is -2.23. The lowest BCUT2D eigenvalue weighted by atomic mass is 10.2. The van der Waals surface area contributed by atoms with E-state index in [9.17, 15) is 0 Å². The molecule has 3 N–H and O–H groups in total. The van der Waals surface area contributed by atoms with Crippen LogP contribution in [0.2, 0.25) is 5.02 Å². The first-order valence-electron chi connectivity index (χ1n) is 6.11. The Balaban J connectivity index is 1.91. The summed E-state index contributed by atoms with van der Waals surface area (Å²) >= 11 is 10.6. The Morgan fingerprint density at radius 3 is 3.00 bits per heavy atom. The van der Waals surface area contributed by atoms with E-state index < -0.39 is 0 Å². The molecule has 1 aromatic heterocycles. The number of hydrogen-bond acceptors (Lipinski definition) is 4. The third-order valence-electron chi connectivity index (χ3n) is 2.56. The Bertz CT molecular complexity index is 670. The number of thiocarbonyl (C=S) groups is 1. The van der Waals surface area contributed by atoms with Crippen molar-refractivity contribution in [2.75, 3.05) is 0 Å². The summed E-state index contributed by atoms with van der Waals surface area (Å²) in [5, 5.41) is 4.61. The summed E-state index contributed by atoms with van der Waals surface area (Å²) in [6.07, 6.45) is 1.48. The first-order chi connectivity index (χ1) is 10.0. The molecule has 0 amide bonds. The fourth-order valence-electron chi connectivity index (χ4n) is 1.56. The van der Waals surface area contributed by atoms with Crippen molar-refractivity contribution in [2.45, 2.75) is 13.5 Å². The smallest absolute Gasteiger partial charge is 0.184 e. The molecule has 0 fully saturated rings. The molecule has 0 spiro atoms. The number of rotatable bonds is 5. The molecule has 0 radical (unpaired) electrons. The normalized spacial score (nSPS) is 10.8. The van der Waals surface area contributed by atoms with E-state index in [0.29, 0.717) is 23.2 Å². The molecular formula is C14H14ClN3O2S.